The molecule has 0 saturated carbocycles. The number of nitrogens with zero attached hydrogens (tertiary/aromatic N) is 2. The third-order valence-corrected chi connectivity index (χ3v) is 6.72. The molecule has 0 aliphatic carbocycles. The van der Waals surface area contributed by atoms with Crippen LogP contribution in [0.5, 0.6) is 0 Å². The van der Waals surface area contributed by atoms with Gasteiger partial charge in [0.25, 0.3) is 11.8 Å². The van der Waals surface area contributed by atoms with Crippen molar-refractivity contribution >= 4 is 29.1 Å². The molecular formula is C23H27N3O3S. The van der Waals surface area contributed by atoms with Crippen molar-refractivity contribution in [1.29, 1.82) is 0 Å². The van der Waals surface area contributed by atoms with Crippen LogP contribution in [0.1, 0.15) is 57.7 Å². The predicted octanol–water partition coefficient (Wildman–Crippen LogP) is 3.30. The molecule has 4 rings (SSSR count). The van der Waals surface area contributed by atoms with Gasteiger partial charge in [0, 0.05) is 31.7 Å². The molecule has 2 aliphatic rings. The van der Waals surface area contributed by atoms with E-state index in [1.54, 1.807) is 11.0 Å². The van der Waals surface area contributed by atoms with Gasteiger partial charge in [0.1, 0.15) is 6.04 Å². The summed E-state index contributed by atoms with van der Waals surface area (Å²) in [6, 6.07) is 10.7. The first-order valence-corrected chi connectivity index (χ1v) is 11.5. The standard InChI is InChI=1S/C23H27N3O3S/c27-21(19-6-4-14-26(19)23(29)20-7-5-15-30-20)24-16-17-8-10-18(11-9-17)22(28)25-12-2-1-3-13-25/h5,7-11,15,19H,1-4,6,12-14,16H2,(H,24,27). The van der Waals surface area contributed by atoms with Crippen molar-refractivity contribution in [2.24, 2.45) is 0 Å². The maximum atomic E-state index is 12.7. The summed E-state index contributed by atoms with van der Waals surface area (Å²) in [5.41, 5.74) is 1.63. The van der Waals surface area contributed by atoms with Crippen molar-refractivity contribution in [3.63, 3.8) is 0 Å². The molecular weight excluding hydrogens is 398 g/mol. The summed E-state index contributed by atoms with van der Waals surface area (Å²) >= 11 is 1.40. The average molecular weight is 426 g/mol. The molecule has 30 heavy (non-hydrogen) atoms. The molecule has 1 unspecified atom stereocenters. The highest BCUT2D eigenvalue weighted by Gasteiger charge is 2.34. The topological polar surface area (TPSA) is 69.7 Å². The Labute approximate surface area is 180 Å². The van der Waals surface area contributed by atoms with Gasteiger partial charge in [0.05, 0.1) is 4.88 Å². The molecule has 0 bridgehead atoms. The number of nitrogens with one attached hydrogen (secondary N) is 1. The molecule has 3 amide bonds. The fourth-order valence-electron chi connectivity index (χ4n) is 4.18. The second-order valence-electron chi connectivity index (χ2n) is 7.90. The molecule has 2 fully saturated rings. The van der Waals surface area contributed by atoms with Crippen molar-refractivity contribution in [2.45, 2.75) is 44.7 Å². The van der Waals surface area contributed by atoms with Gasteiger partial charge >= 0.3 is 0 Å². The van der Waals surface area contributed by atoms with Gasteiger partial charge in [-0.25, -0.2) is 0 Å². The molecule has 1 aromatic carbocycles. The van der Waals surface area contributed by atoms with Crippen molar-refractivity contribution in [3.8, 4) is 0 Å². The monoisotopic (exact) mass is 425 g/mol. The molecule has 0 spiro atoms. The Morgan fingerprint density at radius 1 is 0.933 bits per heavy atom. The molecule has 6 nitrogen and oxygen atoms in total. The van der Waals surface area contributed by atoms with Crippen LogP contribution in [0.4, 0.5) is 0 Å². The zero-order valence-electron chi connectivity index (χ0n) is 17.0. The zero-order chi connectivity index (χ0) is 20.9. The van der Waals surface area contributed by atoms with E-state index in [-0.39, 0.29) is 17.7 Å². The first kappa shape index (κ1) is 20.6. The third kappa shape index (κ3) is 4.56. The maximum Gasteiger partial charge on any atom is 0.264 e. The number of likely N-dealkylation sites (tertiary alicyclic amines) is 2. The van der Waals surface area contributed by atoms with E-state index in [0.29, 0.717) is 30.0 Å². The maximum absolute atomic E-state index is 12.7. The van der Waals surface area contributed by atoms with Gasteiger partial charge in [0.2, 0.25) is 5.91 Å². The summed E-state index contributed by atoms with van der Waals surface area (Å²) in [5, 5.41) is 4.83. The third-order valence-electron chi connectivity index (χ3n) is 5.86. The highest BCUT2D eigenvalue weighted by atomic mass is 32.1. The van der Waals surface area contributed by atoms with E-state index in [9.17, 15) is 14.4 Å². The summed E-state index contributed by atoms with van der Waals surface area (Å²) in [6.07, 6.45) is 4.86. The van der Waals surface area contributed by atoms with Crippen molar-refractivity contribution in [1.82, 2.24) is 15.1 Å². The second-order valence-corrected chi connectivity index (χ2v) is 8.85. The predicted molar refractivity (Wildman–Crippen MR) is 116 cm³/mol. The number of carbonyl (C=O) groups is 3. The lowest BCUT2D eigenvalue weighted by molar-refractivity contribution is -0.125. The van der Waals surface area contributed by atoms with Crippen LogP contribution in [0.3, 0.4) is 0 Å². The molecule has 2 aliphatic heterocycles. The van der Waals surface area contributed by atoms with Gasteiger partial charge in [-0.1, -0.05) is 18.2 Å². The number of thiophene rings is 1. The van der Waals surface area contributed by atoms with Crippen LogP contribution in [0.2, 0.25) is 0 Å². The number of piperidine rings is 1. The smallest absolute Gasteiger partial charge is 0.264 e. The summed E-state index contributed by atoms with van der Waals surface area (Å²) < 4.78 is 0. The van der Waals surface area contributed by atoms with E-state index in [0.717, 1.165) is 37.9 Å². The first-order valence-electron chi connectivity index (χ1n) is 10.6. The Morgan fingerprint density at radius 3 is 2.40 bits per heavy atom. The number of carbonyl (C=O) groups excluding carboxylic acids is 3. The van der Waals surface area contributed by atoms with E-state index < -0.39 is 6.04 Å². The van der Waals surface area contributed by atoms with E-state index in [1.165, 1.54) is 17.8 Å². The molecule has 158 valence electrons. The quantitative estimate of drug-likeness (QED) is 0.799. The lowest BCUT2D eigenvalue weighted by Gasteiger charge is -2.26. The van der Waals surface area contributed by atoms with E-state index >= 15 is 0 Å². The van der Waals surface area contributed by atoms with Crippen LogP contribution in [0.15, 0.2) is 41.8 Å². The Kier molecular flexibility index (Phi) is 6.47. The molecule has 0 radical (unpaired) electrons. The molecule has 2 saturated heterocycles. The molecule has 1 aromatic heterocycles. The number of hydrogen-bond acceptors (Lipinski definition) is 4. The minimum Gasteiger partial charge on any atom is -0.350 e. The summed E-state index contributed by atoms with van der Waals surface area (Å²) in [6.45, 7) is 2.66. The van der Waals surface area contributed by atoms with Crippen LogP contribution in [-0.4, -0.2) is 53.2 Å². The van der Waals surface area contributed by atoms with Crippen LogP contribution < -0.4 is 5.32 Å². The second kappa shape index (κ2) is 9.43. The van der Waals surface area contributed by atoms with Crippen LogP contribution in [0.25, 0.3) is 0 Å². The zero-order valence-corrected chi connectivity index (χ0v) is 17.8. The minimum atomic E-state index is -0.417. The van der Waals surface area contributed by atoms with Gasteiger partial charge in [-0.2, -0.15) is 0 Å². The molecule has 1 atom stereocenters. The Bertz CT molecular complexity index is 889. The fraction of sp³-hybridized carbons (Fsp3) is 0.435. The van der Waals surface area contributed by atoms with E-state index in [1.807, 2.05) is 40.6 Å². The molecule has 1 N–H and O–H groups in total. The van der Waals surface area contributed by atoms with Crippen LogP contribution in [0, 0.1) is 0 Å². The van der Waals surface area contributed by atoms with Crippen molar-refractivity contribution in [3.05, 3.63) is 57.8 Å². The molecule has 3 heterocycles. The minimum absolute atomic E-state index is 0.0665. The molecule has 2 aromatic rings. The number of hydrogen-bond donors (Lipinski definition) is 1. The Hall–Kier alpha value is -2.67. The number of benzene rings is 1. The van der Waals surface area contributed by atoms with E-state index in [2.05, 4.69) is 5.32 Å². The lowest BCUT2D eigenvalue weighted by Crippen LogP contribution is -2.45. The average Bonchev–Trinajstić information content (AvgIpc) is 3.50. The fourth-order valence-corrected chi connectivity index (χ4v) is 4.85. The first-order chi connectivity index (χ1) is 14.6. The van der Waals surface area contributed by atoms with Crippen LogP contribution >= 0.6 is 11.3 Å². The van der Waals surface area contributed by atoms with Gasteiger partial charge < -0.3 is 15.1 Å². The normalized spacial score (nSPS) is 19.0. The summed E-state index contributed by atoms with van der Waals surface area (Å²) in [5.74, 6) is -0.104. The van der Waals surface area contributed by atoms with Gasteiger partial charge in [-0.3, -0.25) is 14.4 Å². The highest BCUT2D eigenvalue weighted by molar-refractivity contribution is 7.12. The SMILES string of the molecule is O=C(NCc1ccc(C(=O)N2CCCCC2)cc1)C1CCCN1C(=O)c1cccs1. The summed E-state index contributed by atoms with van der Waals surface area (Å²) in [7, 11) is 0. The van der Waals surface area contributed by atoms with Crippen molar-refractivity contribution < 1.29 is 14.4 Å². The number of amides is 3. The summed E-state index contributed by atoms with van der Waals surface area (Å²) in [4.78, 5) is 42.2. The van der Waals surface area contributed by atoms with Crippen molar-refractivity contribution in [2.75, 3.05) is 19.6 Å². The molecule has 7 heteroatoms. The van der Waals surface area contributed by atoms with Gasteiger partial charge in [-0.05, 0) is 61.2 Å². The highest BCUT2D eigenvalue weighted by Crippen LogP contribution is 2.22. The van der Waals surface area contributed by atoms with Gasteiger partial charge in [0.15, 0.2) is 0 Å². The lowest BCUT2D eigenvalue weighted by atomic mass is 10.1. The van der Waals surface area contributed by atoms with Gasteiger partial charge in [-0.15, -0.1) is 11.3 Å². The largest absolute Gasteiger partial charge is 0.350 e. The van der Waals surface area contributed by atoms with Crippen LogP contribution in [-0.2, 0) is 11.3 Å². The number of rotatable bonds is 5. The Balaban J connectivity index is 1.32. The Morgan fingerprint density at radius 2 is 1.70 bits per heavy atom. The van der Waals surface area contributed by atoms with E-state index in [4.69, 9.17) is 0 Å².